The van der Waals surface area contributed by atoms with Crippen LogP contribution in [0.15, 0.2) is 85.1 Å². The van der Waals surface area contributed by atoms with Crippen LogP contribution >= 0.6 is 0 Å². The fourth-order valence-electron chi connectivity index (χ4n) is 3.36. The summed E-state index contributed by atoms with van der Waals surface area (Å²) in [4.78, 5) is 13.1. The molecule has 0 aliphatic heterocycles. The van der Waals surface area contributed by atoms with Crippen molar-refractivity contribution in [3.8, 4) is 17.4 Å². The van der Waals surface area contributed by atoms with Gasteiger partial charge >= 0.3 is 0 Å². The smallest absolute Gasteiger partial charge is 0.262 e. The van der Waals surface area contributed by atoms with Crippen LogP contribution in [0.2, 0.25) is 0 Å². The Morgan fingerprint density at radius 3 is 2.21 bits per heavy atom. The number of ether oxygens (including phenoxy) is 3. The first-order chi connectivity index (χ1) is 16.2. The fraction of sp³-hybridized carbons (Fsp3) is 0.154. The molecule has 1 heterocycles. The Morgan fingerprint density at radius 1 is 0.879 bits per heavy atom. The first kappa shape index (κ1) is 22.0. The predicted molar refractivity (Wildman–Crippen MR) is 126 cm³/mol. The van der Waals surface area contributed by atoms with Crippen molar-refractivity contribution in [2.75, 3.05) is 19.5 Å². The zero-order valence-electron chi connectivity index (χ0n) is 18.5. The van der Waals surface area contributed by atoms with Crippen LogP contribution < -0.4 is 19.5 Å². The Bertz CT molecular complexity index is 1210. The van der Waals surface area contributed by atoms with E-state index in [9.17, 15) is 4.79 Å². The molecule has 0 radical (unpaired) electrons. The summed E-state index contributed by atoms with van der Waals surface area (Å²) in [7, 11) is 3.11. The van der Waals surface area contributed by atoms with Crippen LogP contribution in [0.5, 0.6) is 17.4 Å². The third-order valence-electron chi connectivity index (χ3n) is 5.02. The summed E-state index contributed by atoms with van der Waals surface area (Å²) in [6.07, 6.45) is 1.70. The van der Waals surface area contributed by atoms with Gasteiger partial charge in [-0.2, -0.15) is 0 Å². The Hall–Kier alpha value is -4.26. The number of nitrogens with zero attached hydrogens (tertiary/aromatic N) is 2. The van der Waals surface area contributed by atoms with Crippen molar-refractivity contribution in [1.82, 2.24) is 9.78 Å². The van der Waals surface area contributed by atoms with Crippen LogP contribution in [-0.4, -0.2) is 29.9 Å². The molecule has 4 aromatic rings. The molecule has 7 nitrogen and oxygen atoms in total. The molecule has 0 bridgehead atoms. The highest BCUT2D eigenvalue weighted by atomic mass is 16.5. The summed E-state index contributed by atoms with van der Waals surface area (Å²) in [6, 6.07) is 24.9. The largest absolute Gasteiger partial charge is 0.493 e. The molecule has 3 aromatic carbocycles. The second-order valence-electron chi connectivity index (χ2n) is 7.33. The third-order valence-corrected chi connectivity index (χ3v) is 5.02. The molecule has 33 heavy (non-hydrogen) atoms. The van der Waals surface area contributed by atoms with Crippen molar-refractivity contribution in [1.29, 1.82) is 0 Å². The van der Waals surface area contributed by atoms with Gasteiger partial charge in [0.05, 0.1) is 20.8 Å². The Balaban J connectivity index is 1.58. The molecule has 0 saturated heterocycles. The van der Waals surface area contributed by atoms with E-state index in [1.807, 2.05) is 60.7 Å². The van der Waals surface area contributed by atoms with E-state index in [0.29, 0.717) is 35.9 Å². The lowest BCUT2D eigenvalue weighted by atomic mass is 10.2. The number of rotatable bonds is 9. The highest BCUT2D eigenvalue weighted by Crippen LogP contribution is 2.30. The second kappa shape index (κ2) is 10.4. The number of anilines is 1. The molecule has 0 unspecified atom stereocenters. The van der Waals surface area contributed by atoms with Crippen LogP contribution in [0.25, 0.3) is 0 Å². The highest BCUT2D eigenvalue weighted by Gasteiger charge is 2.19. The zero-order valence-corrected chi connectivity index (χ0v) is 18.5. The van der Waals surface area contributed by atoms with E-state index >= 15 is 0 Å². The van der Waals surface area contributed by atoms with Gasteiger partial charge in [-0.25, -0.2) is 0 Å². The van der Waals surface area contributed by atoms with Crippen LogP contribution in [0.3, 0.4) is 0 Å². The van der Waals surface area contributed by atoms with Gasteiger partial charge in [-0.1, -0.05) is 60.7 Å². The van der Waals surface area contributed by atoms with Crippen LogP contribution in [0.4, 0.5) is 5.69 Å². The normalized spacial score (nSPS) is 10.5. The van der Waals surface area contributed by atoms with E-state index in [1.165, 1.54) is 0 Å². The average molecular weight is 444 g/mol. The minimum atomic E-state index is -0.329. The van der Waals surface area contributed by atoms with Gasteiger partial charge in [0.15, 0.2) is 11.5 Å². The summed E-state index contributed by atoms with van der Waals surface area (Å²) in [5, 5.41) is 7.43. The van der Waals surface area contributed by atoms with E-state index in [4.69, 9.17) is 14.2 Å². The Morgan fingerprint density at radius 2 is 1.55 bits per heavy atom. The number of hydrogen-bond acceptors (Lipinski definition) is 5. The standard InChI is InChI=1S/C26H25N3O4/c1-31-23-14-13-21(15-24(23)32-2)27-25(30)22-17-29(16-19-9-5-3-6-10-19)28-26(22)33-18-20-11-7-4-8-12-20/h3-15,17H,16,18H2,1-2H3,(H,27,30). The van der Waals surface area contributed by atoms with E-state index in [2.05, 4.69) is 10.4 Å². The average Bonchev–Trinajstić information content (AvgIpc) is 3.26. The van der Waals surface area contributed by atoms with Gasteiger partial charge in [0.2, 0.25) is 5.88 Å². The van der Waals surface area contributed by atoms with E-state index in [0.717, 1.165) is 11.1 Å². The van der Waals surface area contributed by atoms with Crippen LogP contribution in [0, 0.1) is 0 Å². The molecule has 4 rings (SSSR count). The molecule has 7 heteroatoms. The topological polar surface area (TPSA) is 74.6 Å². The monoisotopic (exact) mass is 443 g/mol. The van der Waals surface area contributed by atoms with Gasteiger partial charge in [-0.15, -0.1) is 5.10 Å². The van der Waals surface area contributed by atoms with Crippen molar-refractivity contribution < 1.29 is 19.0 Å². The van der Waals surface area contributed by atoms with Gasteiger partial charge in [-0.3, -0.25) is 9.48 Å². The van der Waals surface area contributed by atoms with Crippen molar-refractivity contribution in [3.63, 3.8) is 0 Å². The quantitative estimate of drug-likeness (QED) is 0.403. The van der Waals surface area contributed by atoms with Gasteiger partial charge < -0.3 is 19.5 Å². The first-order valence-electron chi connectivity index (χ1n) is 10.5. The van der Waals surface area contributed by atoms with Gasteiger partial charge in [0.1, 0.15) is 12.2 Å². The lowest BCUT2D eigenvalue weighted by Crippen LogP contribution is -2.13. The summed E-state index contributed by atoms with van der Waals surface area (Å²) < 4.78 is 18.2. The lowest BCUT2D eigenvalue weighted by molar-refractivity contribution is 0.102. The number of benzene rings is 3. The minimum absolute atomic E-state index is 0.271. The maximum atomic E-state index is 13.1. The number of carbonyl (C=O) groups is 1. The van der Waals surface area contributed by atoms with Crippen molar-refractivity contribution in [3.05, 3.63) is 102 Å². The van der Waals surface area contributed by atoms with Crippen molar-refractivity contribution in [2.45, 2.75) is 13.2 Å². The number of methoxy groups -OCH3 is 2. The van der Waals surface area contributed by atoms with Gasteiger partial charge in [-0.05, 0) is 23.3 Å². The Kier molecular flexibility index (Phi) is 6.90. The van der Waals surface area contributed by atoms with Gasteiger partial charge in [0, 0.05) is 18.0 Å². The SMILES string of the molecule is COc1ccc(NC(=O)c2cn(Cc3ccccc3)nc2OCc2ccccc2)cc1OC. The third kappa shape index (κ3) is 5.51. The van der Waals surface area contributed by atoms with Crippen LogP contribution in [-0.2, 0) is 13.2 Å². The minimum Gasteiger partial charge on any atom is -0.493 e. The molecule has 0 atom stereocenters. The summed E-state index contributed by atoms with van der Waals surface area (Å²) in [5.74, 6) is 1.05. The second-order valence-corrected chi connectivity index (χ2v) is 7.33. The number of aromatic nitrogens is 2. The molecule has 0 aliphatic carbocycles. The molecule has 1 amide bonds. The van der Waals surface area contributed by atoms with Crippen molar-refractivity contribution in [2.24, 2.45) is 0 Å². The summed E-state index contributed by atoms with van der Waals surface area (Å²) in [6.45, 7) is 0.825. The molecular weight excluding hydrogens is 418 g/mol. The van der Waals surface area contributed by atoms with E-state index < -0.39 is 0 Å². The number of nitrogens with one attached hydrogen (secondary N) is 1. The molecule has 1 N–H and O–H groups in total. The number of carbonyl (C=O) groups excluding carboxylic acids is 1. The molecular formula is C26H25N3O4. The van der Waals surface area contributed by atoms with Gasteiger partial charge in [0.25, 0.3) is 5.91 Å². The molecule has 0 fully saturated rings. The lowest BCUT2D eigenvalue weighted by Gasteiger charge is -2.10. The maximum Gasteiger partial charge on any atom is 0.262 e. The molecule has 168 valence electrons. The zero-order chi connectivity index (χ0) is 23.0. The Labute approximate surface area is 192 Å². The predicted octanol–water partition coefficient (Wildman–Crippen LogP) is 4.78. The molecule has 1 aromatic heterocycles. The summed E-state index contributed by atoms with van der Waals surface area (Å²) in [5.41, 5.74) is 2.97. The number of amides is 1. The van der Waals surface area contributed by atoms with Crippen LogP contribution in [0.1, 0.15) is 21.5 Å². The molecule has 0 spiro atoms. The fourth-order valence-corrected chi connectivity index (χ4v) is 3.36. The summed E-state index contributed by atoms with van der Waals surface area (Å²) >= 11 is 0. The first-order valence-corrected chi connectivity index (χ1v) is 10.5. The molecule has 0 aliphatic rings. The highest BCUT2D eigenvalue weighted by molar-refractivity contribution is 6.05. The maximum absolute atomic E-state index is 13.1. The van der Waals surface area contributed by atoms with E-state index in [-0.39, 0.29) is 11.8 Å². The number of hydrogen-bond donors (Lipinski definition) is 1. The van der Waals surface area contributed by atoms with E-state index in [1.54, 1.807) is 43.3 Å². The molecule has 0 saturated carbocycles. The van der Waals surface area contributed by atoms with Crippen molar-refractivity contribution >= 4 is 11.6 Å².